The van der Waals surface area contributed by atoms with Crippen molar-refractivity contribution in [3.05, 3.63) is 29.6 Å². The summed E-state index contributed by atoms with van der Waals surface area (Å²) >= 11 is 0. The average molecular weight is 179 g/mol. The van der Waals surface area contributed by atoms with Crippen LogP contribution in [-0.2, 0) is 4.74 Å². The molecule has 0 amide bonds. The van der Waals surface area contributed by atoms with Crippen LogP contribution in [-0.4, -0.2) is 17.9 Å². The van der Waals surface area contributed by atoms with Crippen molar-refractivity contribution in [2.45, 2.75) is 20.0 Å². The van der Waals surface area contributed by atoms with Crippen LogP contribution in [0.2, 0.25) is 0 Å². The summed E-state index contributed by atoms with van der Waals surface area (Å²) in [6.07, 6.45) is 3.97. The summed E-state index contributed by atoms with van der Waals surface area (Å²) in [7, 11) is 0. The van der Waals surface area contributed by atoms with Crippen LogP contribution >= 0.6 is 0 Å². The molecule has 1 aromatic rings. The molecule has 3 nitrogen and oxygen atoms in total. The van der Waals surface area contributed by atoms with E-state index in [9.17, 15) is 4.79 Å². The van der Waals surface area contributed by atoms with Gasteiger partial charge in [0.05, 0.1) is 6.10 Å². The molecule has 0 bridgehead atoms. The normalized spacial score (nSPS) is 12.5. The molecule has 1 rings (SSSR count). The summed E-state index contributed by atoms with van der Waals surface area (Å²) in [5.41, 5.74) is 1.50. The first-order chi connectivity index (χ1) is 6.29. The van der Waals surface area contributed by atoms with Gasteiger partial charge in [0.15, 0.2) is 6.29 Å². The Kier molecular flexibility index (Phi) is 3.58. The summed E-state index contributed by atoms with van der Waals surface area (Å²) in [5.74, 6) is 0. The predicted molar refractivity (Wildman–Crippen MR) is 49.7 cm³/mol. The highest BCUT2D eigenvalue weighted by Crippen LogP contribution is 2.18. The number of carbonyl (C=O) groups is 1. The van der Waals surface area contributed by atoms with Crippen molar-refractivity contribution in [1.29, 1.82) is 0 Å². The molecule has 70 valence electrons. The van der Waals surface area contributed by atoms with Crippen LogP contribution in [0.4, 0.5) is 0 Å². The van der Waals surface area contributed by atoms with Gasteiger partial charge in [-0.05, 0) is 25.5 Å². The maximum absolute atomic E-state index is 10.6. The minimum Gasteiger partial charge on any atom is -0.374 e. The van der Waals surface area contributed by atoms with Gasteiger partial charge in [0, 0.05) is 24.6 Å². The number of pyridine rings is 1. The molecule has 0 N–H and O–H groups in total. The number of carbonyl (C=O) groups excluding carboxylic acids is 1. The lowest BCUT2D eigenvalue weighted by Crippen LogP contribution is -2.03. The quantitative estimate of drug-likeness (QED) is 0.663. The third-order valence-corrected chi connectivity index (χ3v) is 1.87. The first-order valence-corrected chi connectivity index (χ1v) is 4.30. The lowest BCUT2D eigenvalue weighted by Gasteiger charge is -2.12. The number of aromatic nitrogens is 1. The Morgan fingerprint density at radius 2 is 2.46 bits per heavy atom. The van der Waals surface area contributed by atoms with E-state index in [0.717, 1.165) is 11.8 Å². The Bertz CT molecular complexity index is 286. The first kappa shape index (κ1) is 9.86. The number of ether oxygens (including phenoxy) is 1. The van der Waals surface area contributed by atoms with Crippen LogP contribution in [0.5, 0.6) is 0 Å². The van der Waals surface area contributed by atoms with Crippen molar-refractivity contribution >= 4 is 6.29 Å². The van der Waals surface area contributed by atoms with Gasteiger partial charge >= 0.3 is 0 Å². The smallest absolute Gasteiger partial charge is 0.151 e. The second kappa shape index (κ2) is 4.72. The van der Waals surface area contributed by atoms with Crippen LogP contribution in [0.1, 0.15) is 35.9 Å². The van der Waals surface area contributed by atoms with Crippen molar-refractivity contribution in [1.82, 2.24) is 4.98 Å². The predicted octanol–water partition coefficient (Wildman–Crippen LogP) is 1.99. The average Bonchev–Trinajstić information content (AvgIpc) is 2.18. The van der Waals surface area contributed by atoms with E-state index < -0.39 is 0 Å². The Balaban J connectivity index is 2.91. The number of hydrogen-bond acceptors (Lipinski definition) is 3. The maximum atomic E-state index is 10.6. The molecule has 0 fully saturated rings. The van der Waals surface area contributed by atoms with Crippen LogP contribution in [0, 0.1) is 0 Å². The number of aldehydes is 1. The van der Waals surface area contributed by atoms with Gasteiger partial charge in [-0.1, -0.05) is 0 Å². The largest absolute Gasteiger partial charge is 0.374 e. The lowest BCUT2D eigenvalue weighted by atomic mass is 10.1. The van der Waals surface area contributed by atoms with E-state index in [0.29, 0.717) is 12.2 Å². The minimum absolute atomic E-state index is 0.0480. The molecular weight excluding hydrogens is 166 g/mol. The van der Waals surface area contributed by atoms with E-state index >= 15 is 0 Å². The molecule has 1 atom stereocenters. The monoisotopic (exact) mass is 179 g/mol. The second-order valence-corrected chi connectivity index (χ2v) is 2.72. The molecule has 13 heavy (non-hydrogen) atoms. The zero-order valence-corrected chi connectivity index (χ0v) is 7.86. The highest BCUT2D eigenvalue weighted by atomic mass is 16.5. The molecule has 1 heterocycles. The van der Waals surface area contributed by atoms with Gasteiger partial charge in [-0.3, -0.25) is 9.78 Å². The first-order valence-electron chi connectivity index (χ1n) is 4.30. The van der Waals surface area contributed by atoms with Gasteiger partial charge < -0.3 is 4.74 Å². The number of rotatable bonds is 4. The van der Waals surface area contributed by atoms with Gasteiger partial charge in [0.1, 0.15) is 0 Å². The van der Waals surface area contributed by atoms with E-state index in [1.54, 1.807) is 12.4 Å². The Labute approximate surface area is 77.8 Å². The molecule has 0 aliphatic heterocycles. The summed E-state index contributed by atoms with van der Waals surface area (Å²) in [4.78, 5) is 14.5. The molecule has 1 unspecified atom stereocenters. The molecule has 1 aromatic heterocycles. The van der Waals surface area contributed by atoms with Crippen molar-refractivity contribution < 1.29 is 9.53 Å². The van der Waals surface area contributed by atoms with Crippen molar-refractivity contribution in [2.24, 2.45) is 0 Å². The van der Waals surface area contributed by atoms with Gasteiger partial charge in [0.25, 0.3) is 0 Å². The zero-order chi connectivity index (χ0) is 9.68. The second-order valence-electron chi connectivity index (χ2n) is 2.72. The van der Waals surface area contributed by atoms with Crippen molar-refractivity contribution in [3.8, 4) is 0 Å². The highest BCUT2D eigenvalue weighted by Gasteiger charge is 2.09. The van der Waals surface area contributed by atoms with Crippen molar-refractivity contribution in [2.75, 3.05) is 6.61 Å². The van der Waals surface area contributed by atoms with Crippen molar-refractivity contribution in [3.63, 3.8) is 0 Å². The fourth-order valence-electron chi connectivity index (χ4n) is 1.23. The molecule has 0 aliphatic carbocycles. The van der Waals surface area contributed by atoms with Gasteiger partial charge in [-0.25, -0.2) is 0 Å². The van der Waals surface area contributed by atoms with E-state index in [2.05, 4.69) is 4.98 Å². The molecule has 0 radical (unpaired) electrons. The summed E-state index contributed by atoms with van der Waals surface area (Å²) in [5, 5.41) is 0. The molecule has 0 aliphatic rings. The fourth-order valence-corrected chi connectivity index (χ4v) is 1.23. The Hall–Kier alpha value is -1.22. The summed E-state index contributed by atoms with van der Waals surface area (Å²) < 4.78 is 5.38. The molecule has 3 heteroatoms. The van der Waals surface area contributed by atoms with Gasteiger partial charge in [0.2, 0.25) is 0 Å². The summed E-state index contributed by atoms with van der Waals surface area (Å²) in [6, 6.07) is 1.81. The van der Waals surface area contributed by atoms with Crippen LogP contribution < -0.4 is 0 Å². The fraction of sp³-hybridized carbons (Fsp3) is 0.400. The minimum atomic E-state index is -0.0480. The maximum Gasteiger partial charge on any atom is 0.151 e. The van der Waals surface area contributed by atoms with Crippen LogP contribution in [0.15, 0.2) is 18.5 Å². The zero-order valence-electron chi connectivity index (χ0n) is 7.86. The Morgan fingerprint density at radius 3 is 3.08 bits per heavy atom. The lowest BCUT2D eigenvalue weighted by molar-refractivity contribution is 0.0753. The molecule has 0 saturated carbocycles. The van der Waals surface area contributed by atoms with E-state index in [1.165, 1.54) is 0 Å². The molecule has 0 aromatic carbocycles. The Morgan fingerprint density at radius 1 is 1.69 bits per heavy atom. The van der Waals surface area contributed by atoms with Crippen LogP contribution in [0.3, 0.4) is 0 Å². The number of hydrogen-bond donors (Lipinski definition) is 0. The van der Waals surface area contributed by atoms with E-state index in [-0.39, 0.29) is 6.10 Å². The van der Waals surface area contributed by atoms with Gasteiger partial charge in [-0.15, -0.1) is 0 Å². The van der Waals surface area contributed by atoms with E-state index in [4.69, 9.17) is 4.74 Å². The topological polar surface area (TPSA) is 39.2 Å². The molecule has 0 spiro atoms. The summed E-state index contributed by atoms with van der Waals surface area (Å²) in [6.45, 7) is 4.49. The third kappa shape index (κ3) is 2.36. The standard InChI is InChI=1S/C10H13NO2/c1-3-13-8(2)10-4-5-11-6-9(10)7-12/h4-8H,3H2,1-2H3. The molecule has 0 saturated heterocycles. The molecular formula is C10H13NO2. The SMILES string of the molecule is CCOC(C)c1ccncc1C=O. The number of nitrogens with zero attached hydrogens (tertiary/aromatic N) is 1. The van der Waals surface area contributed by atoms with Crippen LogP contribution in [0.25, 0.3) is 0 Å². The van der Waals surface area contributed by atoms with Gasteiger partial charge in [-0.2, -0.15) is 0 Å². The van der Waals surface area contributed by atoms with E-state index in [1.807, 2.05) is 19.9 Å². The third-order valence-electron chi connectivity index (χ3n) is 1.87. The highest BCUT2D eigenvalue weighted by molar-refractivity contribution is 5.76.